The summed E-state index contributed by atoms with van der Waals surface area (Å²) in [6, 6.07) is 38.1. The molecule has 0 amide bonds. The quantitative estimate of drug-likeness (QED) is 0.160. The Morgan fingerprint density at radius 3 is 1.66 bits per heavy atom. The first-order chi connectivity index (χ1) is 34.2. The minimum atomic E-state index is -0.152. The van der Waals surface area contributed by atoms with Crippen LogP contribution in [-0.2, 0) is 32.5 Å². The molecule has 0 spiro atoms. The van der Waals surface area contributed by atoms with E-state index in [1.54, 1.807) is 11.1 Å². The summed E-state index contributed by atoms with van der Waals surface area (Å²) in [7, 11) is 0. The van der Waals surface area contributed by atoms with E-state index in [9.17, 15) is 0 Å². The summed E-state index contributed by atoms with van der Waals surface area (Å²) in [4.78, 5) is 8.74. The summed E-state index contributed by atoms with van der Waals surface area (Å²) < 4.78 is 0. The van der Waals surface area contributed by atoms with Crippen molar-refractivity contribution in [3.63, 3.8) is 0 Å². The molecule has 0 aromatic heterocycles. The number of hydrogen-bond acceptors (Lipinski definition) is 3. The zero-order valence-corrected chi connectivity index (χ0v) is 47.7. The molecule has 3 aliphatic carbocycles. The molecule has 0 bridgehead atoms. The molecule has 0 saturated heterocycles. The predicted molar refractivity (Wildman–Crippen MR) is 315 cm³/mol. The van der Waals surface area contributed by atoms with Crippen molar-refractivity contribution in [1.29, 1.82) is 0 Å². The molecule has 73 heavy (non-hydrogen) atoms. The van der Waals surface area contributed by atoms with Crippen molar-refractivity contribution in [1.82, 2.24) is 0 Å². The molecule has 7 aliphatic rings. The number of hydrogen-bond donors (Lipinski definition) is 0. The summed E-state index contributed by atoms with van der Waals surface area (Å²) in [5, 5.41) is 0. The lowest BCUT2D eigenvalue weighted by Gasteiger charge is -2.54. The molecule has 3 nitrogen and oxygen atoms in total. The molecule has 4 unspecified atom stereocenters. The van der Waals surface area contributed by atoms with Crippen molar-refractivity contribution in [2.75, 3.05) is 14.7 Å². The smallest absolute Gasteiger partial charge is 0.252 e. The van der Waals surface area contributed by atoms with Crippen LogP contribution in [0.5, 0.6) is 0 Å². The number of aryl methyl sites for hydroxylation is 2. The van der Waals surface area contributed by atoms with Gasteiger partial charge in [-0.25, -0.2) is 0 Å². The van der Waals surface area contributed by atoms with Gasteiger partial charge in [0.2, 0.25) is 0 Å². The van der Waals surface area contributed by atoms with Crippen molar-refractivity contribution in [3.05, 3.63) is 141 Å². The van der Waals surface area contributed by atoms with Crippen LogP contribution >= 0.6 is 0 Å². The molecule has 2 saturated carbocycles. The molecule has 4 heterocycles. The second-order valence-corrected chi connectivity index (χ2v) is 29.0. The Bertz CT molecular complexity index is 3380. The van der Waals surface area contributed by atoms with E-state index >= 15 is 0 Å². The van der Waals surface area contributed by atoms with Crippen LogP contribution in [0, 0.1) is 13.8 Å². The fraction of sp³-hybridized carbons (Fsp3) is 0.478. The fourth-order valence-corrected chi connectivity index (χ4v) is 16.7. The zero-order chi connectivity index (χ0) is 51.7. The van der Waals surface area contributed by atoms with Crippen LogP contribution in [0.4, 0.5) is 39.8 Å². The average Bonchev–Trinajstić information content (AvgIpc) is 3.78. The lowest BCUT2D eigenvalue weighted by molar-refractivity contribution is 0.194. The second kappa shape index (κ2) is 14.6. The molecule has 0 N–H and O–H groups in total. The Balaban J connectivity index is 1.21. The molecular weight excluding hydrogens is 882 g/mol. The average molecular weight is 964 g/mol. The summed E-state index contributed by atoms with van der Waals surface area (Å²) in [6.45, 7) is 42.0. The molecule has 4 heteroatoms. The lowest BCUT2D eigenvalue weighted by atomic mass is 9.33. The highest BCUT2D eigenvalue weighted by Gasteiger charge is 2.63. The third kappa shape index (κ3) is 5.91. The van der Waals surface area contributed by atoms with Crippen LogP contribution in [0.25, 0.3) is 11.1 Å². The van der Waals surface area contributed by atoms with Gasteiger partial charge >= 0.3 is 0 Å². The maximum absolute atomic E-state index is 2.99. The first kappa shape index (κ1) is 47.5. The van der Waals surface area contributed by atoms with Gasteiger partial charge in [-0.1, -0.05) is 188 Å². The highest BCUT2D eigenvalue weighted by atomic mass is 15.3. The van der Waals surface area contributed by atoms with Crippen LogP contribution in [0.1, 0.15) is 205 Å². The van der Waals surface area contributed by atoms with Gasteiger partial charge in [0.05, 0.1) is 16.8 Å². The van der Waals surface area contributed by atoms with Gasteiger partial charge < -0.3 is 14.7 Å². The van der Waals surface area contributed by atoms with E-state index in [1.807, 2.05) is 0 Å². The standard InChI is InChI=1S/C69H82BN3/c1-41-34-44(63(6,7)8)35-42(2)59(41)71-55-39-46(72-54-29-26-43(62(3,4)5)36-50(54)66(14)30-20-22-32-68(66,72)16)40-56-58(55)70(52-28-27-49-57(61(52)71)47-24-18-19-25-48(47)65(49,12)13)53-38-45(64(9,10)11)37-51-60(53)73(56)69(17)33-23-21-31-67(51,69)15/h18-19,24-29,34-40H,20-23,30-33H2,1-17H3. The minimum absolute atomic E-state index is 0.000566. The number of anilines is 7. The van der Waals surface area contributed by atoms with Gasteiger partial charge in [0, 0.05) is 55.9 Å². The molecule has 4 atom stereocenters. The Morgan fingerprint density at radius 2 is 1.01 bits per heavy atom. The Labute approximate surface area is 440 Å². The highest BCUT2D eigenvalue weighted by molar-refractivity contribution is 7.00. The summed E-state index contributed by atoms with van der Waals surface area (Å²) in [5.74, 6) is 0. The highest BCUT2D eigenvalue weighted by Crippen LogP contribution is 2.66. The first-order valence-electron chi connectivity index (χ1n) is 28.5. The third-order valence-electron chi connectivity index (χ3n) is 21.4. The second-order valence-electron chi connectivity index (χ2n) is 29.0. The summed E-state index contributed by atoms with van der Waals surface area (Å²) >= 11 is 0. The molecule has 0 radical (unpaired) electrons. The molecular formula is C69H82BN3. The normalized spacial score (nSPS) is 25.9. The number of rotatable bonds is 2. The minimum Gasteiger partial charge on any atom is -0.335 e. The van der Waals surface area contributed by atoms with Crippen LogP contribution in [-0.4, -0.2) is 17.8 Å². The topological polar surface area (TPSA) is 9.72 Å². The van der Waals surface area contributed by atoms with Gasteiger partial charge in [0.25, 0.3) is 6.71 Å². The lowest BCUT2D eigenvalue weighted by Crippen LogP contribution is -2.65. The zero-order valence-electron chi connectivity index (χ0n) is 47.7. The van der Waals surface area contributed by atoms with Crippen molar-refractivity contribution < 1.29 is 0 Å². The van der Waals surface area contributed by atoms with Crippen molar-refractivity contribution in [3.8, 4) is 11.1 Å². The molecule has 376 valence electrons. The fourth-order valence-electron chi connectivity index (χ4n) is 16.7. The van der Waals surface area contributed by atoms with Gasteiger partial charge in [-0.2, -0.15) is 0 Å². The number of nitrogens with zero attached hydrogens (tertiary/aromatic N) is 3. The van der Waals surface area contributed by atoms with Crippen LogP contribution in [0.3, 0.4) is 0 Å². The van der Waals surface area contributed by atoms with Gasteiger partial charge in [0.15, 0.2) is 0 Å². The van der Waals surface area contributed by atoms with E-state index in [4.69, 9.17) is 0 Å². The van der Waals surface area contributed by atoms with E-state index in [-0.39, 0.29) is 50.3 Å². The summed E-state index contributed by atoms with van der Waals surface area (Å²) in [5.41, 5.74) is 29.7. The first-order valence-corrected chi connectivity index (χ1v) is 28.5. The molecule has 6 aromatic rings. The Kier molecular flexibility index (Phi) is 9.49. The van der Waals surface area contributed by atoms with Gasteiger partial charge in [-0.3, -0.25) is 0 Å². The molecule has 4 aliphatic heterocycles. The van der Waals surface area contributed by atoms with Crippen molar-refractivity contribution in [2.45, 2.75) is 213 Å². The van der Waals surface area contributed by atoms with E-state index in [2.05, 4.69) is 223 Å². The Hall–Kier alpha value is -5.22. The summed E-state index contributed by atoms with van der Waals surface area (Å²) in [6.07, 6.45) is 9.80. The molecule has 6 aromatic carbocycles. The van der Waals surface area contributed by atoms with Crippen LogP contribution < -0.4 is 31.1 Å². The van der Waals surface area contributed by atoms with Crippen molar-refractivity contribution in [2.24, 2.45) is 0 Å². The molecule has 13 rings (SSSR count). The maximum atomic E-state index is 2.99. The monoisotopic (exact) mass is 964 g/mol. The third-order valence-corrected chi connectivity index (χ3v) is 21.4. The van der Waals surface area contributed by atoms with Crippen molar-refractivity contribution >= 4 is 62.9 Å². The van der Waals surface area contributed by atoms with Gasteiger partial charge in [-0.15, -0.1) is 0 Å². The van der Waals surface area contributed by atoms with Gasteiger partial charge in [0.1, 0.15) is 0 Å². The SMILES string of the molecule is Cc1cc(C(C)(C)C)cc(C)c1N1c2cc(N3c4ccc(C(C)(C)C)cc4C4(C)CCCCC34C)cc3c2B(c2ccc4c(c21)-c1ccccc1C4(C)C)c1cc(C(C)(C)C)cc2c1N3C1(C)CCCCC21C. The van der Waals surface area contributed by atoms with E-state index < -0.39 is 0 Å². The van der Waals surface area contributed by atoms with E-state index in [0.717, 1.165) is 0 Å². The molecule has 2 fully saturated rings. The van der Waals surface area contributed by atoms with Crippen LogP contribution in [0.15, 0.2) is 91.0 Å². The number of fused-ring (bicyclic) bond motifs is 14. The largest absolute Gasteiger partial charge is 0.335 e. The number of benzene rings is 6. The Morgan fingerprint density at radius 1 is 0.452 bits per heavy atom. The van der Waals surface area contributed by atoms with E-state index in [1.165, 1.54) is 158 Å². The van der Waals surface area contributed by atoms with E-state index in [0.29, 0.717) is 0 Å². The van der Waals surface area contributed by atoms with Crippen LogP contribution in [0.2, 0.25) is 0 Å². The predicted octanol–water partition coefficient (Wildman–Crippen LogP) is 16.6. The van der Waals surface area contributed by atoms with Gasteiger partial charge in [-0.05, 0) is 160 Å². The maximum Gasteiger partial charge on any atom is 0.252 e.